The molecule has 0 saturated carbocycles. The van der Waals surface area contributed by atoms with E-state index in [1.54, 1.807) is 0 Å². The van der Waals surface area contributed by atoms with Crippen molar-refractivity contribution in [2.75, 3.05) is 0 Å². The van der Waals surface area contributed by atoms with Crippen LogP contribution < -0.4 is 0 Å². The second-order valence-corrected chi connectivity index (χ2v) is 3.84. The van der Waals surface area contributed by atoms with Gasteiger partial charge in [0.15, 0.2) is 0 Å². The SMILES string of the molecule is CCCCCCC(C)(C#N)CC. The molecule has 70 valence electrons. The van der Waals surface area contributed by atoms with E-state index in [0.29, 0.717) is 0 Å². The van der Waals surface area contributed by atoms with E-state index in [4.69, 9.17) is 5.26 Å². The first-order valence-corrected chi connectivity index (χ1v) is 5.09. The number of hydrogen-bond acceptors (Lipinski definition) is 1. The third-order valence-electron chi connectivity index (χ3n) is 2.63. The second-order valence-electron chi connectivity index (χ2n) is 3.84. The number of hydrogen-bond donors (Lipinski definition) is 0. The zero-order chi connectivity index (χ0) is 9.45. The predicted octanol–water partition coefficient (Wildman–Crippen LogP) is 3.90. The molecule has 0 aliphatic rings. The minimum atomic E-state index is -0.0618. The van der Waals surface area contributed by atoms with E-state index < -0.39 is 0 Å². The first kappa shape index (κ1) is 11.5. The summed E-state index contributed by atoms with van der Waals surface area (Å²) in [5.41, 5.74) is -0.0618. The lowest BCUT2D eigenvalue weighted by molar-refractivity contribution is 0.370. The molecule has 12 heavy (non-hydrogen) atoms. The summed E-state index contributed by atoms with van der Waals surface area (Å²) in [6, 6.07) is 2.41. The van der Waals surface area contributed by atoms with Gasteiger partial charge in [0.05, 0.1) is 11.5 Å². The standard InChI is InChI=1S/C11H21N/c1-4-6-7-8-9-11(3,5-2)10-12/h4-9H2,1-3H3. The molecule has 0 bridgehead atoms. The molecule has 0 amide bonds. The van der Waals surface area contributed by atoms with Crippen molar-refractivity contribution in [3.8, 4) is 6.07 Å². The van der Waals surface area contributed by atoms with Crippen molar-refractivity contribution < 1.29 is 0 Å². The van der Waals surface area contributed by atoms with E-state index in [-0.39, 0.29) is 5.41 Å². The summed E-state index contributed by atoms with van der Waals surface area (Å²) >= 11 is 0. The molecule has 1 unspecified atom stereocenters. The van der Waals surface area contributed by atoms with E-state index in [1.165, 1.54) is 25.7 Å². The molecule has 0 spiro atoms. The van der Waals surface area contributed by atoms with Crippen molar-refractivity contribution >= 4 is 0 Å². The smallest absolute Gasteiger partial charge is 0.0686 e. The van der Waals surface area contributed by atoms with Crippen molar-refractivity contribution in [2.45, 2.75) is 59.3 Å². The summed E-state index contributed by atoms with van der Waals surface area (Å²) in [6.45, 7) is 6.38. The average Bonchev–Trinajstić information content (AvgIpc) is 2.12. The van der Waals surface area contributed by atoms with Crippen molar-refractivity contribution in [1.82, 2.24) is 0 Å². The summed E-state index contributed by atoms with van der Waals surface area (Å²) in [5.74, 6) is 0. The molecule has 0 aliphatic heterocycles. The Hall–Kier alpha value is -0.510. The van der Waals surface area contributed by atoms with Gasteiger partial charge in [-0.05, 0) is 19.8 Å². The monoisotopic (exact) mass is 167 g/mol. The number of rotatable bonds is 6. The fourth-order valence-electron chi connectivity index (χ4n) is 1.25. The van der Waals surface area contributed by atoms with Gasteiger partial charge in [-0.3, -0.25) is 0 Å². The van der Waals surface area contributed by atoms with Crippen LogP contribution in [0, 0.1) is 16.7 Å². The molecule has 0 rings (SSSR count). The Labute approximate surface area is 76.8 Å². The molecule has 0 saturated heterocycles. The molecule has 0 N–H and O–H groups in total. The molecule has 1 atom stereocenters. The summed E-state index contributed by atoms with van der Waals surface area (Å²) in [7, 11) is 0. The molecule has 1 nitrogen and oxygen atoms in total. The Kier molecular flexibility index (Phi) is 5.80. The first-order chi connectivity index (χ1) is 5.68. The number of unbranched alkanes of at least 4 members (excludes halogenated alkanes) is 3. The Morgan fingerprint density at radius 3 is 2.25 bits per heavy atom. The van der Waals surface area contributed by atoms with Gasteiger partial charge in [0.25, 0.3) is 0 Å². The molecular formula is C11H21N. The molecule has 0 aromatic heterocycles. The van der Waals surface area contributed by atoms with Crippen LogP contribution in [-0.4, -0.2) is 0 Å². The molecular weight excluding hydrogens is 146 g/mol. The van der Waals surface area contributed by atoms with Crippen molar-refractivity contribution in [2.24, 2.45) is 5.41 Å². The Bertz CT molecular complexity index is 146. The maximum absolute atomic E-state index is 8.89. The van der Waals surface area contributed by atoms with E-state index in [9.17, 15) is 0 Å². The summed E-state index contributed by atoms with van der Waals surface area (Å²) in [4.78, 5) is 0. The zero-order valence-corrected chi connectivity index (χ0v) is 8.69. The van der Waals surface area contributed by atoms with E-state index in [2.05, 4.69) is 26.8 Å². The second kappa shape index (κ2) is 6.06. The van der Waals surface area contributed by atoms with E-state index in [0.717, 1.165) is 12.8 Å². The fraction of sp³-hybridized carbons (Fsp3) is 0.909. The Morgan fingerprint density at radius 1 is 1.17 bits per heavy atom. The van der Waals surface area contributed by atoms with Crippen LogP contribution >= 0.6 is 0 Å². The Morgan fingerprint density at radius 2 is 1.83 bits per heavy atom. The van der Waals surface area contributed by atoms with Gasteiger partial charge >= 0.3 is 0 Å². The molecule has 0 radical (unpaired) electrons. The van der Waals surface area contributed by atoms with Crippen molar-refractivity contribution in [3.05, 3.63) is 0 Å². The third kappa shape index (κ3) is 4.38. The quantitative estimate of drug-likeness (QED) is 0.550. The molecule has 1 heteroatoms. The third-order valence-corrected chi connectivity index (χ3v) is 2.63. The molecule has 0 fully saturated rings. The Balaban J connectivity index is 3.54. The molecule has 0 aromatic rings. The first-order valence-electron chi connectivity index (χ1n) is 5.09. The topological polar surface area (TPSA) is 23.8 Å². The highest BCUT2D eigenvalue weighted by Crippen LogP contribution is 2.27. The van der Waals surface area contributed by atoms with Crippen LogP contribution in [0.5, 0.6) is 0 Å². The predicted molar refractivity (Wildman–Crippen MR) is 52.8 cm³/mol. The lowest BCUT2D eigenvalue weighted by atomic mass is 9.84. The number of nitrogens with zero attached hydrogens (tertiary/aromatic N) is 1. The maximum atomic E-state index is 8.89. The largest absolute Gasteiger partial charge is 0.198 e. The van der Waals surface area contributed by atoms with Gasteiger partial charge in [-0.1, -0.05) is 39.5 Å². The minimum absolute atomic E-state index is 0.0618. The van der Waals surface area contributed by atoms with Crippen LogP contribution in [0.1, 0.15) is 59.3 Å². The summed E-state index contributed by atoms with van der Waals surface area (Å²) in [6.07, 6.45) is 7.13. The highest BCUT2D eigenvalue weighted by molar-refractivity contribution is 4.93. The van der Waals surface area contributed by atoms with E-state index in [1.807, 2.05) is 0 Å². The van der Waals surface area contributed by atoms with Crippen molar-refractivity contribution in [1.29, 1.82) is 5.26 Å². The highest BCUT2D eigenvalue weighted by Gasteiger charge is 2.19. The van der Waals surface area contributed by atoms with Crippen LogP contribution in [0.4, 0.5) is 0 Å². The van der Waals surface area contributed by atoms with Gasteiger partial charge in [-0.25, -0.2) is 0 Å². The average molecular weight is 167 g/mol. The fourth-order valence-corrected chi connectivity index (χ4v) is 1.25. The lowest BCUT2D eigenvalue weighted by Gasteiger charge is -2.18. The van der Waals surface area contributed by atoms with Crippen LogP contribution in [0.3, 0.4) is 0 Å². The molecule has 0 heterocycles. The van der Waals surface area contributed by atoms with Gasteiger partial charge in [0, 0.05) is 0 Å². The van der Waals surface area contributed by atoms with Gasteiger partial charge in [0.2, 0.25) is 0 Å². The summed E-state index contributed by atoms with van der Waals surface area (Å²) < 4.78 is 0. The normalized spacial score (nSPS) is 15.2. The number of nitriles is 1. The maximum Gasteiger partial charge on any atom is 0.0686 e. The van der Waals surface area contributed by atoms with Gasteiger partial charge in [0.1, 0.15) is 0 Å². The zero-order valence-electron chi connectivity index (χ0n) is 8.69. The lowest BCUT2D eigenvalue weighted by Crippen LogP contribution is -2.11. The van der Waals surface area contributed by atoms with Gasteiger partial charge in [-0.2, -0.15) is 5.26 Å². The van der Waals surface area contributed by atoms with Crippen LogP contribution in [0.25, 0.3) is 0 Å². The highest BCUT2D eigenvalue weighted by atomic mass is 14.3. The van der Waals surface area contributed by atoms with Crippen LogP contribution in [-0.2, 0) is 0 Å². The van der Waals surface area contributed by atoms with Crippen LogP contribution in [0.2, 0.25) is 0 Å². The van der Waals surface area contributed by atoms with Gasteiger partial charge < -0.3 is 0 Å². The van der Waals surface area contributed by atoms with Gasteiger partial charge in [-0.15, -0.1) is 0 Å². The summed E-state index contributed by atoms with van der Waals surface area (Å²) in [5, 5.41) is 8.89. The molecule has 0 aromatic carbocycles. The van der Waals surface area contributed by atoms with Crippen molar-refractivity contribution in [3.63, 3.8) is 0 Å². The van der Waals surface area contributed by atoms with Crippen LogP contribution in [0.15, 0.2) is 0 Å². The molecule has 0 aliphatic carbocycles. The van der Waals surface area contributed by atoms with E-state index >= 15 is 0 Å². The minimum Gasteiger partial charge on any atom is -0.198 e.